The Morgan fingerprint density at radius 2 is 0.917 bits per heavy atom. The van der Waals surface area contributed by atoms with E-state index in [0.29, 0.717) is 6.42 Å². The number of carbonyl (C=O) groups is 1. The Hall–Kier alpha value is 0.260. The summed E-state index contributed by atoms with van der Waals surface area (Å²) < 4.78 is 35.8. The van der Waals surface area contributed by atoms with Crippen LogP contribution in [0.4, 0.5) is 13.2 Å². The first-order valence-electron chi connectivity index (χ1n) is 9.18. The van der Waals surface area contributed by atoms with Gasteiger partial charge in [0.15, 0.2) is 0 Å². The van der Waals surface area contributed by atoms with E-state index >= 15 is 0 Å². The van der Waals surface area contributed by atoms with E-state index in [1.165, 1.54) is 38.5 Å². The summed E-state index contributed by atoms with van der Waals surface area (Å²) in [6.07, 6.45) is 9.66. The van der Waals surface area contributed by atoms with Crippen molar-refractivity contribution in [2.24, 2.45) is 0 Å². The van der Waals surface area contributed by atoms with Crippen molar-refractivity contribution in [1.29, 1.82) is 0 Å². The summed E-state index contributed by atoms with van der Waals surface area (Å²) in [6, 6.07) is 0. The first-order chi connectivity index (χ1) is 10.9. The number of rotatable bonds is 16. The second kappa shape index (κ2) is 18.1. The Kier molecular flexibility index (Phi) is 19.9. The molecule has 0 aromatic rings. The Morgan fingerprint density at radius 1 is 0.625 bits per heavy atom. The molecule has 0 rings (SSSR count). The third kappa shape index (κ3) is 24.5. The van der Waals surface area contributed by atoms with Gasteiger partial charge in [-0.05, 0) is 19.3 Å². The molecule has 0 amide bonds. The minimum Gasteiger partial charge on any atom is -0.550 e. The summed E-state index contributed by atoms with van der Waals surface area (Å²) in [4.78, 5) is 10.2. The van der Waals surface area contributed by atoms with Crippen LogP contribution in [0.1, 0.15) is 103 Å². The average molecular weight is 360 g/mol. The van der Waals surface area contributed by atoms with Crippen molar-refractivity contribution in [3.8, 4) is 0 Å². The van der Waals surface area contributed by atoms with Crippen LogP contribution in [0.3, 0.4) is 0 Å². The van der Waals surface area contributed by atoms with Crippen LogP contribution < -0.4 is 34.7 Å². The summed E-state index contributed by atoms with van der Waals surface area (Å²) in [6.45, 7) is 0. The molecule has 0 heterocycles. The number of carboxylic acid groups (broad SMARTS) is 1. The summed E-state index contributed by atoms with van der Waals surface area (Å²) in [5.74, 6) is -0.953. The molecule has 0 atom stereocenters. The zero-order valence-electron chi connectivity index (χ0n) is 15.3. The maximum atomic E-state index is 11.9. The Morgan fingerprint density at radius 3 is 1.21 bits per heavy atom. The quantitative estimate of drug-likeness (QED) is 0.313. The monoisotopic (exact) mass is 360 g/mol. The van der Waals surface area contributed by atoms with Crippen molar-refractivity contribution in [3.05, 3.63) is 0 Å². The molecule has 0 fully saturated rings. The molecular formula is C18H32F3NaO2. The van der Waals surface area contributed by atoms with Crippen molar-refractivity contribution >= 4 is 5.97 Å². The van der Waals surface area contributed by atoms with E-state index in [1.807, 2.05) is 0 Å². The van der Waals surface area contributed by atoms with Gasteiger partial charge in [-0.25, -0.2) is 0 Å². The molecule has 0 spiro atoms. The summed E-state index contributed by atoms with van der Waals surface area (Å²) in [7, 11) is 0. The number of halogens is 3. The van der Waals surface area contributed by atoms with Gasteiger partial charge in [0.25, 0.3) is 0 Å². The molecule has 0 saturated heterocycles. The fraction of sp³-hybridized carbons (Fsp3) is 0.944. The molecule has 0 aromatic carbocycles. The van der Waals surface area contributed by atoms with Gasteiger partial charge >= 0.3 is 35.7 Å². The van der Waals surface area contributed by atoms with Crippen LogP contribution in [-0.4, -0.2) is 12.1 Å². The smallest absolute Gasteiger partial charge is 0.550 e. The van der Waals surface area contributed by atoms with Gasteiger partial charge in [0.2, 0.25) is 0 Å². The van der Waals surface area contributed by atoms with Crippen molar-refractivity contribution in [2.75, 3.05) is 0 Å². The van der Waals surface area contributed by atoms with Crippen LogP contribution >= 0.6 is 0 Å². The summed E-state index contributed by atoms with van der Waals surface area (Å²) in [5, 5.41) is 10.2. The number of carbonyl (C=O) groups excluding carboxylic acids is 1. The largest absolute Gasteiger partial charge is 1.00 e. The van der Waals surface area contributed by atoms with E-state index in [1.54, 1.807) is 0 Å². The van der Waals surface area contributed by atoms with Crippen LogP contribution in [0, 0.1) is 0 Å². The van der Waals surface area contributed by atoms with E-state index in [4.69, 9.17) is 0 Å². The van der Waals surface area contributed by atoms with E-state index in [-0.39, 0.29) is 42.4 Å². The Bertz CT molecular complexity index is 284. The number of aliphatic carboxylic acids is 1. The minimum atomic E-state index is -3.99. The molecule has 0 radical (unpaired) electrons. The van der Waals surface area contributed by atoms with Gasteiger partial charge < -0.3 is 9.90 Å². The van der Waals surface area contributed by atoms with Crippen molar-refractivity contribution < 1.29 is 52.6 Å². The molecule has 2 nitrogen and oxygen atoms in total. The van der Waals surface area contributed by atoms with Gasteiger partial charge in [0.05, 0.1) is 0 Å². The maximum Gasteiger partial charge on any atom is 1.00 e. The van der Waals surface area contributed by atoms with Crippen molar-refractivity contribution in [1.82, 2.24) is 0 Å². The van der Waals surface area contributed by atoms with E-state index < -0.39 is 18.6 Å². The number of hydrogen-bond donors (Lipinski definition) is 0. The molecule has 0 aliphatic carbocycles. The second-order valence-electron chi connectivity index (χ2n) is 6.44. The summed E-state index contributed by atoms with van der Waals surface area (Å²) in [5.41, 5.74) is 0. The summed E-state index contributed by atoms with van der Waals surface area (Å²) >= 11 is 0. The fourth-order valence-corrected chi connectivity index (χ4v) is 2.72. The molecule has 0 aromatic heterocycles. The predicted molar refractivity (Wildman–Crippen MR) is 84.9 cm³/mol. The normalized spacial score (nSPS) is 11.3. The molecular weight excluding hydrogens is 328 g/mol. The molecule has 0 aliphatic heterocycles. The van der Waals surface area contributed by atoms with E-state index in [2.05, 4.69) is 0 Å². The molecule has 0 saturated carbocycles. The van der Waals surface area contributed by atoms with E-state index in [9.17, 15) is 23.1 Å². The van der Waals surface area contributed by atoms with Gasteiger partial charge in [-0.1, -0.05) is 77.0 Å². The van der Waals surface area contributed by atoms with Gasteiger partial charge in [-0.15, -0.1) is 0 Å². The zero-order chi connectivity index (χ0) is 17.4. The predicted octanol–water partition coefficient (Wildman–Crippen LogP) is 2.54. The van der Waals surface area contributed by atoms with Gasteiger partial charge in [-0.3, -0.25) is 0 Å². The molecule has 138 valence electrons. The van der Waals surface area contributed by atoms with E-state index in [0.717, 1.165) is 38.5 Å². The van der Waals surface area contributed by atoms with Crippen LogP contribution in [0.15, 0.2) is 0 Å². The third-order valence-corrected chi connectivity index (χ3v) is 4.09. The molecule has 24 heavy (non-hydrogen) atoms. The number of hydrogen-bond acceptors (Lipinski definition) is 2. The maximum absolute atomic E-state index is 11.9. The average Bonchev–Trinajstić information content (AvgIpc) is 2.45. The van der Waals surface area contributed by atoms with Crippen LogP contribution in [0.25, 0.3) is 0 Å². The molecule has 0 N–H and O–H groups in total. The molecule has 6 heteroatoms. The fourth-order valence-electron chi connectivity index (χ4n) is 2.72. The topological polar surface area (TPSA) is 40.1 Å². The van der Waals surface area contributed by atoms with Crippen molar-refractivity contribution in [2.45, 2.75) is 109 Å². The number of unbranched alkanes of at least 4 members (excludes halogenated alkanes) is 13. The SMILES string of the molecule is O=C([O-])CCCCCCCCCCCCCCCCC(F)(F)F.[Na+]. The van der Waals surface area contributed by atoms with Crippen LogP contribution in [-0.2, 0) is 4.79 Å². The Labute approximate surface area is 167 Å². The first kappa shape index (κ1) is 26.5. The minimum absolute atomic E-state index is 0. The van der Waals surface area contributed by atoms with Crippen molar-refractivity contribution in [3.63, 3.8) is 0 Å². The molecule has 0 bridgehead atoms. The van der Waals surface area contributed by atoms with Crippen LogP contribution in [0.5, 0.6) is 0 Å². The van der Waals surface area contributed by atoms with Gasteiger partial charge in [0.1, 0.15) is 0 Å². The second-order valence-corrected chi connectivity index (χ2v) is 6.44. The van der Waals surface area contributed by atoms with Gasteiger partial charge in [-0.2, -0.15) is 13.2 Å². The van der Waals surface area contributed by atoms with Gasteiger partial charge in [0, 0.05) is 12.4 Å². The van der Waals surface area contributed by atoms with Crippen LogP contribution in [0.2, 0.25) is 0 Å². The standard InChI is InChI=1S/C18H33F3O2.Na/c19-18(20,21)16-14-12-10-8-6-4-2-1-3-5-7-9-11-13-15-17(22)23;/h1-16H2,(H,22,23);/q;+1/p-1. The Balaban J connectivity index is 0. The number of carboxylic acids is 1. The number of alkyl halides is 3. The first-order valence-corrected chi connectivity index (χ1v) is 9.18. The molecule has 0 unspecified atom stereocenters. The molecule has 0 aliphatic rings. The third-order valence-electron chi connectivity index (χ3n) is 4.09. The zero-order valence-corrected chi connectivity index (χ0v) is 17.3.